The summed E-state index contributed by atoms with van der Waals surface area (Å²) in [5, 5.41) is 11.5. The molecule has 1 rings (SSSR count). The van der Waals surface area contributed by atoms with Crippen molar-refractivity contribution >= 4 is 17.7 Å². The van der Waals surface area contributed by atoms with Crippen molar-refractivity contribution in [3.63, 3.8) is 0 Å². The summed E-state index contributed by atoms with van der Waals surface area (Å²) in [5.41, 5.74) is 0. The summed E-state index contributed by atoms with van der Waals surface area (Å²) >= 11 is 1.99. The van der Waals surface area contributed by atoms with Gasteiger partial charge in [0.1, 0.15) is 0 Å². The molecular weight excluding hydrogens is 210 g/mol. The second kappa shape index (κ2) is 7.99. The van der Waals surface area contributed by atoms with E-state index in [1.807, 2.05) is 11.8 Å². The molecule has 0 aromatic heterocycles. The van der Waals surface area contributed by atoms with E-state index in [-0.39, 0.29) is 12.5 Å². The zero-order chi connectivity index (χ0) is 10.9. The monoisotopic (exact) mass is 231 g/mol. The summed E-state index contributed by atoms with van der Waals surface area (Å²) in [6.07, 6.45) is 4.73. The van der Waals surface area contributed by atoms with E-state index in [2.05, 4.69) is 5.32 Å². The zero-order valence-electron chi connectivity index (χ0n) is 9.21. The molecule has 0 unspecified atom stereocenters. The number of hydrogen-bond acceptors (Lipinski definition) is 3. The molecule has 4 heteroatoms. The molecule has 0 aromatic carbocycles. The van der Waals surface area contributed by atoms with E-state index in [0.29, 0.717) is 18.9 Å². The van der Waals surface area contributed by atoms with Gasteiger partial charge >= 0.3 is 0 Å². The highest BCUT2D eigenvalue weighted by Crippen LogP contribution is 2.24. The highest BCUT2D eigenvalue weighted by atomic mass is 32.2. The Balaban J connectivity index is 2.01. The molecule has 1 amide bonds. The van der Waals surface area contributed by atoms with Crippen LogP contribution in [0.4, 0.5) is 0 Å². The number of hydrogen-bond donors (Lipinski definition) is 2. The first-order valence-corrected chi connectivity index (χ1v) is 6.93. The van der Waals surface area contributed by atoms with Crippen LogP contribution in [0, 0.1) is 5.92 Å². The van der Waals surface area contributed by atoms with E-state index in [1.165, 1.54) is 24.3 Å². The second-order valence-corrected chi connectivity index (χ2v) is 5.27. The van der Waals surface area contributed by atoms with Gasteiger partial charge in [0.15, 0.2) is 0 Å². The van der Waals surface area contributed by atoms with Gasteiger partial charge in [-0.25, -0.2) is 0 Å². The van der Waals surface area contributed by atoms with Crippen molar-refractivity contribution in [3.8, 4) is 0 Å². The van der Waals surface area contributed by atoms with E-state index in [9.17, 15) is 4.79 Å². The number of aliphatic hydroxyl groups is 1. The molecule has 1 aliphatic heterocycles. The molecule has 0 aromatic rings. The van der Waals surface area contributed by atoms with Crippen LogP contribution >= 0.6 is 11.8 Å². The van der Waals surface area contributed by atoms with Crippen LogP contribution in [0.2, 0.25) is 0 Å². The SMILES string of the molecule is O=C(CC1CCSCC1)NCCCCO. The number of rotatable bonds is 6. The van der Waals surface area contributed by atoms with E-state index in [1.54, 1.807) is 0 Å². The average Bonchev–Trinajstić information content (AvgIpc) is 2.26. The predicted molar refractivity (Wildman–Crippen MR) is 64.0 cm³/mol. The average molecular weight is 231 g/mol. The van der Waals surface area contributed by atoms with E-state index in [4.69, 9.17) is 5.11 Å². The van der Waals surface area contributed by atoms with Gasteiger partial charge in [0, 0.05) is 19.6 Å². The molecule has 1 aliphatic rings. The number of unbranched alkanes of at least 4 members (excludes halogenated alkanes) is 1. The lowest BCUT2D eigenvalue weighted by atomic mass is 9.98. The molecule has 2 N–H and O–H groups in total. The molecule has 0 atom stereocenters. The van der Waals surface area contributed by atoms with Crippen LogP contribution in [0.5, 0.6) is 0 Å². The third-order valence-corrected chi connectivity index (χ3v) is 3.77. The van der Waals surface area contributed by atoms with Gasteiger partial charge in [-0.3, -0.25) is 4.79 Å². The summed E-state index contributed by atoms with van der Waals surface area (Å²) in [6, 6.07) is 0. The van der Waals surface area contributed by atoms with Gasteiger partial charge in [-0.05, 0) is 43.1 Å². The number of thioether (sulfide) groups is 1. The molecule has 1 heterocycles. The van der Waals surface area contributed by atoms with Crippen LogP contribution < -0.4 is 5.32 Å². The van der Waals surface area contributed by atoms with Gasteiger partial charge < -0.3 is 10.4 Å². The second-order valence-electron chi connectivity index (χ2n) is 4.04. The molecule has 0 radical (unpaired) electrons. The lowest BCUT2D eigenvalue weighted by Gasteiger charge is -2.20. The van der Waals surface area contributed by atoms with Crippen molar-refractivity contribution in [2.24, 2.45) is 5.92 Å². The molecule has 88 valence electrons. The Kier molecular flexibility index (Phi) is 6.85. The summed E-state index contributed by atoms with van der Waals surface area (Å²) in [4.78, 5) is 11.5. The Hall–Kier alpha value is -0.220. The maximum atomic E-state index is 11.5. The van der Waals surface area contributed by atoms with E-state index < -0.39 is 0 Å². The Morgan fingerprint density at radius 1 is 1.33 bits per heavy atom. The Bertz CT molecular complexity index is 181. The molecule has 15 heavy (non-hydrogen) atoms. The van der Waals surface area contributed by atoms with Gasteiger partial charge in [-0.1, -0.05) is 0 Å². The van der Waals surface area contributed by atoms with Gasteiger partial charge in [-0.15, -0.1) is 0 Å². The standard InChI is InChI=1S/C11H21NO2S/c13-6-2-1-5-12-11(14)9-10-3-7-15-8-4-10/h10,13H,1-9H2,(H,12,14). The molecule has 1 saturated heterocycles. The predicted octanol–water partition coefficient (Wildman–Crippen LogP) is 1.41. The minimum absolute atomic E-state index is 0.185. The number of aliphatic hydroxyl groups excluding tert-OH is 1. The maximum Gasteiger partial charge on any atom is 0.220 e. The first kappa shape index (κ1) is 12.8. The van der Waals surface area contributed by atoms with E-state index >= 15 is 0 Å². The molecular formula is C11H21NO2S. The topological polar surface area (TPSA) is 49.3 Å². The van der Waals surface area contributed by atoms with Crippen molar-refractivity contribution in [2.75, 3.05) is 24.7 Å². The number of nitrogens with one attached hydrogen (secondary N) is 1. The van der Waals surface area contributed by atoms with Gasteiger partial charge in [0.05, 0.1) is 0 Å². The maximum absolute atomic E-state index is 11.5. The van der Waals surface area contributed by atoms with Gasteiger partial charge in [0.2, 0.25) is 5.91 Å². The van der Waals surface area contributed by atoms with Gasteiger partial charge in [0.25, 0.3) is 0 Å². The van der Waals surface area contributed by atoms with Crippen LogP contribution in [0.15, 0.2) is 0 Å². The first-order chi connectivity index (χ1) is 7.33. The van der Waals surface area contributed by atoms with Crippen molar-refractivity contribution in [1.82, 2.24) is 5.32 Å². The summed E-state index contributed by atoms with van der Waals surface area (Å²) in [7, 11) is 0. The fourth-order valence-corrected chi connectivity index (χ4v) is 2.95. The first-order valence-electron chi connectivity index (χ1n) is 5.78. The van der Waals surface area contributed by atoms with Crippen molar-refractivity contribution in [3.05, 3.63) is 0 Å². The third-order valence-electron chi connectivity index (χ3n) is 2.72. The molecule has 0 bridgehead atoms. The van der Waals surface area contributed by atoms with Crippen molar-refractivity contribution in [1.29, 1.82) is 0 Å². The lowest BCUT2D eigenvalue weighted by molar-refractivity contribution is -0.122. The third kappa shape index (κ3) is 6.05. The summed E-state index contributed by atoms with van der Waals surface area (Å²) in [5.74, 6) is 3.21. The Morgan fingerprint density at radius 2 is 2.07 bits per heavy atom. The van der Waals surface area contributed by atoms with Gasteiger partial charge in [-0.2, -0.15) is 11.8 Å². The fourth-order valence-electron chi connectivity index (χ4n) is 1.75. The normalized spacial score (nSPS) is 17.7. The fraction of sp³-hybridized carbons (Fsp3) is 0.909. The van der Waals surface area contributed by atoms with Crippen LogP contribution in [0.1, 0.15) is 32.1 Å². The largest absolute Gasteiger partial charge is 0.396 e. The minimum atomic E-state index is 0.185. The van der Waals surface area contributed by atoms with Crippen molar-refractivity contribution in [2.45, 2.75) is 32.1 Å². The molecule has 1 fully saturated rings. The Labute approximate surface area is 96.0 Å². The number of carbonyl (C=O) groups is 1. The summed E-state index contributed by atoms with van der Waals surface area (Å²) in [6.45, 7) is 0.927. The van der Waals surface area contributed by atoms with Crippen molar-refractivity contribution < 1.29 is 9.90 Å². The highest BCUT2D eigenvalue weighted by Gasteiger charge is 2.16. The van der Waals surface area contributed by atoms with Crippen LogP contribution in [-0.4, -0.2) is 35.7 Å². The zero-order valence-corrected chi connectivity index (χ0v) is 10.0. The number of amides is 1. The smallest absolute Gasteiger partial charge is 0.220 e. The number of carbonyl (C=O) groups excluding carboxylic acids is 1. The summed E-state index contributed by atoms with van der Waals surface area (Å²) < 4.78 is 0. The van der Waals surface area contributed by atoms with Crippen LogP contribution in [-0.2, 0) is 4.79 Å². The molecule has 3 nitrogen and oxygen atoms in total. The quantitative estimate of drug-likeness (QED) is 0.680. The lowest BCUT2D eigenvalue weighted by Crippen LogP contribution is -2.27. The van der Waals surface area contributed by atoms with Crippen LogP contribution in [0.3, 0.4) is 0 Å². The molecule has 0 saturated carbocycles. The minimum Gasteiger partial charge on any atom is -0.396 e. The highest BCUT2D eigenvalue weighted by molar-refractivity contribution is 7.99. The molecule has 0 aliphatic carbocycles. The Morgan fingerprint density at radius 3 is 2.73 bits per heavy atom. The van der Waals surface area contributed by atoms with E-state index in [0.717, 1.165) is 12.8 Å². The van der Waals surface area contributed by atoms with Crippen LogP contribution in [0.25, 0.3) is 0 Å². The molecule has 0 spiro atoms.